The second kappa shape index (κ2) is 5.32. The van der Waals surface area contributed by atoms with Crippen molar-refractivity contribution in [3.63, 3.8) is 0 Å². The number of sulfone groups is 1. The Morgan fingerprint density at radius 1 is 1.44 bits per heavy atom. The summed E-state index contributed by atoms with van der Waals surface area (Å²) in [7, 11) is -4.05. The fourth-order valence-electron chi connectivity index (χ4n) is 3.22. The first-order valence-electron chi connectivity index (χ1n) is 7.25. The molecule has 0 spiro atoms. The van der Waals surface area contributed by atoms with E-state index in [0.717, 1.165) is 17.0 Å². The number of halogens is 2. The number of aromatic nitrogens is 1. The van der Waals surface area contributed by atoms with Crippen LogP contribution in [0.1, 0.15) is 31.5 Å². The number of aliphatic carboxylic acids is 1. The minimum Gasteiger partial charge on any atom is -0.480 e. The highest BCUT2D eigenvalue weighted by molar-refractivity contribution is 7.94. The minimum absolute atomic E-state index is 0.215. The average Bonchev–Trinajstić information content (AvgIpc) is 2.66. The molecule has 7 nitrogen and oxygen atoms in total. The van der Waals surface area contributed by atoms with E-state index in [0.29, 0.717) is 0 Å². The number of hydrogen-bond donors (Lipinski definition) is 1. The van der Waals surface area contributed by atoms with Gasteiger partial charge in [-0.1, -0.05) is 0 Å². The molecule has 1 aromatic heterocycles. The van der Waals surface area contributed by atoms with Crippen molar-refractivity contribution in [2.75, 3.05) is 0 Å². The molecule has 1 aromatic rings. The number of hydrogen-bond acceptors (Lipinski definition) is 5. The number of rotatable bonds is 3. The quantitative estimate of drug-likeness (QED) is 0.632. The number of amides is 1. The SMILES string of the molecule is CC1(C)[C@H](C(=O)O)N2C(=O)/C(=C/c3ncccc3C(F)F)[C@H]2S1(=O)=O. The molecular weight excluding hydrogens is 358 g/mol. The molecule has 2 atom stereocenters. The zero-order valence-corrected chi connectivity index (χ0v) is 14.0. The van der Waals surface area contributed by atoms with Crippen LogP contribution >= 0.6 is 0 Å². The Bertz CT molecular complexity index is 910. The molecule has 0 bridgehead atoms. The summed E-state index contributed by atoms with van der Waals surface area (Å²) in [5.74, 6) is -2.24. The van der Waals surface area contributed by atoms with E-state index in [9.17, 15) is 31.9 Å². The van der Waals surface area contributed by atoms with Crippen molar-refractivity contribution in [1.82, 2.24) is 9.88 Å². The van der Waals surface area contributed by atoms with Crippen LogP contribution in [0, 0.1) is 0 Å². The first-order valence-corrected chi connectivity index (χ1v) is 8.80. The van der Waals surface area contributed by atoms with Crippen LogP contribution in [0.15, 0.2) is 23.9 Å². The number of fused-ring (bicyclic) bond motifs is 1. The lowest BCUT2D eigenvalue weighted by molar-refractivity contribution is -0.152. The highest BCUT2D eigenvalue weighted by Gasteiger charge is 2.70. The van der Waals surface area contributed by atoms with E-state index >= 15 is 0 Å². The standard InChI is InChI=1S/C15H14F2N2O5S/c1-15(2)10(14(21)22)19-12(20)8(13(19)25(15,23)24)6-9-7(11(16)17)4-3-5-18-9/h3-6,10-11,13H,1-2H3,(H,21,22)/b8-6-/t10-,13+/m0/s1. The van der Waals surface area contributed by atoms with E-state index in [1.807, 2.05) is 0 Å². The predicted molar refractivity (Wildman–Crippen MR) is 82.2 cm³/mol. The fourth-order valence-corrected chi connectivity index (χ4v) is 5.34. The van der Waals surface area contributed by atoms with Gasteiger partial charge < -0.3 is 10.0 Å². The summed E-state index contributed by atoms with van der Waals surface area (Å²) in [5.41, 5.74) is -0.907. The predicted octanol–water partition coefficient (Wildman–Crippen LogP) is 1.23. The maximum Gasteiger partial charge on any atom is 0.328 e. The van der Waals surface area contributed by atoms with Gasteiger partial charge in [0.25, 0.3) is 12.3 Å². The third kappa shape index (κ3) is 2.20. The van der Waals surface area contributed by atoms with Gasteiger partial charge in [-0.05, 0) is 32.1 Å². The minimum atomic E-state index is -4.05. The van der Waals surface area contributed by atoms with Crippen LogP contribution in [0.5, 0.6) is 0 Å². The summed E-state index contributed by atoms with van der Waals surface area (Å²) >= 11 is 0. The number of nitrogens with zero attached hydrogens (tertiary/aromatic N) is 2. The van der Waals surface area contributed by atoms with Gasteiger partial charge in [0.05, 0.1) is 11.3 Å². The molecule has 0 unspecified atom stereocenters. The smallest absolute Gasteiger partial charge is 0.328 e. The van der Waals surface area contributed by atoms with Gasteiger partial charge in [0.1, 0.15) is 4.75 Å². The molecule has 0 aromatic carbocycles. The summed E-state index contributed by atoms with van der Waals surface area (Å²) in [6, 6.07) is 0.886. The molecule has 10 heteroatoms. The number of β-lactam (4-membered cyclic amide) rings is 1. The van der Waals surface area contributed by atoms with Gasteiger partial charge in [-0.3, -0.25) is 9.78 Å². The van der Waals surface area contributed by atoms with E-state index in [2.05, 4.69) is 4.98 Å². The summed E-state index contributed by atoms with van der Waals surface area (Å²) < 4.78 is 49.8. The third-order valence-corrected chi connectivity index (χ3v) is 7.36. The zero-order chi connectivity index (χ0) is 18.7. The highest BCUT2D eigenvalue weighted by Crippen LogP contribution is 2.48. The van der Waals surface area contributed by atoms with E-state index < -0.39 is 49.9 Å². The lowest BCUT2D eigenvalue weighted by Crippen LogP contribution is -2.58. The van der Waals surface area contributed by atoms with E-state index in [4.69, 9.17) is 0 Å². The maximum absolute atomic E-state index is 13.0. The Kier molecular flexibility index (Phi) is 3.71. The van der Waals surface area contributed by atoms with Crippen LogP contribution in [-0.2, 0) is 19.4 Å². The summed E-state index contributed by atoms with van der Waals surface area (Å²) in [6.45, 7) is 2.46. The molecule has 2 aliphatic heterocycles. The number of alkyl halides is 2. The molecule has 0 aliphatic carbocycles. The summed E-state index contributed by atoms with van der Waals surface area (Å²) in [6.07, 6.45) is -0.606. The molecule has 3 heterocycles. The molecular formula is C15H14F2N2O5S. The van der Waals surface area contributed by atoms with E-state index in [1.54, 1.807) is 0 Å². The van der Waals surface area contributed by atoms with Gasteiger partial charge in [0, 0.05) is 11.8 Å². The normalized spacial score (nSPS) is 28.1. The van der Waals surface area contributed by atoms with Gasteiger partial charge in [-0.25, -0.2) is 22.0 Å². The Morgan fingerprint density at radius 2 is 2.08 bits per heavy atom. The maximum atomic E-state index is 13.0. The van der Waals surface area contributed by atoms with Gasteiger partial charge >= 0.3 is 5.97 Å². The Balaban J connectivity index is 2.12. The number of carboxylic acid groups (broad SMARTS) is 1. The molecule has 1 amide bonds. The second-order valence-electron chi connectivity index (χ2n) is 6.33. The average molecular weight is 372 g/mol. The largest absolute Gasteiger partial charge is 0.480 e. The number of carboxylic acids is 1. The summed E-state index contributed by atoms with van der Waals surface area (Å²) in [4.78, 5) is 28.3. The lowest BCUT2D eigenvalue weighted by atomic mass is 9.95. The number of pyridine rings is 1. The van der Waals surface area contributed by atoms with E-state index in [1.165, 1.54) is 26.1 Å². The second-order valence-corrected chi connectivity index (χ2v) is 8.92. The lowest BCUT2D eigenvalue weighted by Gasteiger charge is -2.37. The Morgan fingerprint density at radius 3 is 2.64 bits per heavy atom. The van der Waals surface area contributed by atoms with Crippen LogP contribution in [0.2, 0.25) is 0 Å². The molecule has 2 aliphatic rings. The zero-order valence-electron chi connectivity index (χ0n) is 13.2. The van der Waals surface area contributed by atoms with Gasteiger partial charge in [-0.15, -0.1) is 0 Å². The van der Waals surface area contributed by atoms with Crippen LogP contribution in [-0.4, -0.2) is 51.4 Å². The van der Waals surface area contributed by atoms with Crippen LogP contribution in [0.3, 0.4) is 0 Å². The third-order valence-electron chi connectivity index (χ3n) is 4.60. The van der Waals surface area contributed by atoms with Gasteiger partial charge in [-0.2, -0.15) is 0 Å². The number of carbonyl (C=O) groups excluding carboxylic acids is 1. The first kappa shape index (κ1) is 17.5. The molecule has 134 valence electrons. The van der Waals surface area contributed by atoms with Crippen LogP contribution in [0.25, 0.3) is 6.08 Å². The van der Waals surface area contributed by atoms with Crippen molar-refractivity contribution in [3.8, 4) is 0 Å². The van der Waals surface area contributed by atoms with Gasteiger partial charge in [0.2, 0.25) is 0 Å². The number of carbonyl (C=O) groups is 2. The van der Waals surface area contributed by atoms with Crippen molar-refractivity contribution in [2.45, 2.75) is 36.4 Å². The van der Waals surface area contributed by atoms with Crippen LogP contribution < -0.4 is 0 Å². The molecule has 2 fully saturated rings. The summed E-state index contributed by atoms with van der Waals surface area (Å²) in [5, 5.41) is 7.86. The van der Waals surface area contributed by atoms with Crippen molar-refractivity contribution in [3.05, 3.63) is 35.2 Å². The fraction of sp³-hybridized carbons (Fsp3) is 0.400. The molecule has 2 saturated heterocycles. The molecule has 0 radical (unpaired) electrons. The Labute approximate surface area is 141 Å². The molecule has 25 heavy (non-hydrogen) atoms. The molecule has 1 N–H and O–H groups in total. The first-order chi connectivity index (χ1) is 11.5. The molecule has 0 saturated carbocycles. The Hall–Kier alpha value is -2.36. The van der Waals surface area contributed by atoms with Crippen molar-refractivity contribution in [1.29, 1.82) is 0 Å². The highest BCUT2D eigenvalue weighted by atomic mass is 32.2. The topological polar surface area (TPSA) is 105 Å². The van der Waals surface area contributed by atoms with Crippen molar-refractivity contribution >= 4 is 27.8 Å². The molecule has 3 rings (SSSR count). The van der Waals surface area contributed by atoms with Crippen molar-refractivity contribution < 1.29 is 31.9 Å². The van der Waals surface area contributed by atoms with E-state index in [-0.39, 0.29) is 11.3 Å². The van der Waals surface area contributed by atoms with Crippen molar-refractivity contribution in [2.24, 2.45) is 0 Å². The monoisotopic (exact) mass is 372 g/mol. The van der Waals surface area contributed by atoms with Crippen LogP contribution in [0.4, 0.5) is 8.78 Å². The van der Waals surface area contributed by atoms with Gasteiger partial charge in [0.15, 0.2) is 21.3 Å².